The van der Waals surface area contributed by atoms with E-state index < -0.39 is 0 Å². The van der Waals surface area contributed by atoms with E-state index in [-0.39, 0.29) is 6.04 Å². The van der Waals surface area contributed by atoms with Gasteiger partial charge >= 0.3 is 0 Å². The van der Waals surface area contributed by atoms with Gasteiger partial charge < -0.3 is 5.73 Å². The lowest BCUT2D eigenvalue weighted by Crippen LogP contribution is -2.16. The summed E-state index contributed by atoms with van der Waals surface area (Å²) < 4.78 is 1.78. The van der Waals surface area contributed by atoms with Gasteiger partial charge in [-0.1, -0.05) is 37.3 Å². The Bertz CT molecular complexity index is 315. The maximum atomic E-state index is 6.16. The fourth-order valence-corrected chi connectivity index (χ4v) is 2.67. The van der Waals surface area contributed by atoms with Crippen LogP contribution >= 0.6 is 0 Å². The topological polar surface area (TPSA) is 56.7 Å². The number of rotatable bonds is 4. The molecule has 4 nitrogen and oxygen atoms in total. The standard InChI is InChI=1S/C12H22N4/c1-16-12(9-14-15-16)11(13)8-7-10-5-3-2-4-6-10/h9-11H,2-8,13H2,1H3. The van der Waals surface area contributed by atoms with Crippen LogP contribution in [0.5, 0.6) is 0 Å². The zero-order valence-corrected chi connectivity index (χ0v) is 10.1. The number of hydrogen-bond donors (Lipinski definition) is 1. The van der Waals surface area contributed by atoms with Crippen molar-refractivity contribution in [1.82, 2.24) is 15.0 Å². The second kappa shape index (κ2) is 5.43. The minimum absolute atomic E-state index is 0.0990. The van der Waals surface area contributed by atoms with Crippen LogP contribution in [0.15, 0.2) is 6.20 Å². The van der Waals surface area contributed by atoms with E-state index in [9.17, 15) is 0 Å². The first kappa shape index (κ1) is 11.6. The van der Waals surface area contributed by atoms with Crippen molar-refractivity contribution in [2.75, 3.05) is 0 Å². The van der Waals surface area contributed by atoms with Crippen LogP contribution in [0.1, 0.15) is 56.7 Å². The monoisotopic (exact) mass is 222 g/mol. The van der Waals surface area contributed by atoms with E-state index in [0.29, 0.717) is 0 Å². The molecule has 1 aromatic rings. The first-order valence-electron chi connectivity index (χ1n) is 6.37. The van der Waals surface area contributed by atoms with Crippen molar-refractivity contribution in [3.8, 4) is 0 Å². The molecule has 1 aliphatic rings. The lowest BCUT2D eigenvalue weighted by Gasteiger charge is -2.22. The van der Waals surface area contributed by atoms with Crippen LogP contribution in [0, 0.1) is 5.92 Å². The molecule has 0 saturated heterocycles. The van der Waals surface area contributed by atoms with E-state index in [1.165, 1.54) is 38.5 Å². The van der Waals surface area contributed by atoms with Crippen LogP contribution in [0.25, 0.3) is 0 Å². The van der Waals surface area contributed by atoms with Crippen LogP contribution < -0.4 is 5.73 Å². The molecular weight excluding hydrogens is 200 g/mol. The van der Waals surface area contributed by atoms with Crippen LogP contribution in [-0.2, 0) is 7.05 Å². The van der Waals surface area contributed by atoms with E-state index in [0.717, 1.165) is 18.0 Å². The Morgan fingerprint density at radius 2 is 2.19 bits per heavy atom. The van der Waals surface area contributed by atoms with E-state index >= 15 is 0 Å². The summed E-state index contributed by atoms with van der Waals surface area (Å²) in [5.41, 5.74) is 7.21. The van der Waals surface area contributed by atoms with Gasteiger partial charge in [0.05, 0.1) is 11.9 Å². The van der Waals surface area contributed by atoms with Gasteiger partial charge in [-0.15, -0.1) is 5.10 Å². The van der Waals surface area contributed by atoms with Crippen LogP contribution in [0.3, 0.4) is 0 Å². The highest BCUT2D eigenvalue weighted by molar-refractivity contribution is 5.00. The fourth-order valence-electron chi connectivity index (χ4n) is 2.67. The molecule has 0 spiro atoms. The second-order valence-corrected chi connectivity index (χ2v) is 4.97. The van der Waals surface area contributed by atoms with Crippen molar-refractivity contribution in [3.63, 3.8) is 0 Å². The Morgan fingerprint density at radius 1 is 1.44 bits per heavy atom. The average molecular weight is 222 g/mol. The molecule has 0 radical (unpaired) electrons. The first-order chi connectivity index (χ1) is 7.77. The van der Waals surface area contributed by atoms with Crippen molar-refractivity contribution < 1.29 is 0 Å². The molecule has 1 aromatic heterocycles. The van der Waals surface area contributed by atoms with Gasteiger partial charge in [0.25, 0.3) is 0 Å². The number of nitrogens with zero attached hydrogens (tertiary/aromatic N) is 3. The summed E-state index contributed by atoms with van der Waals surface area (Å²) >= 11 is 0. The predicted octanol–water partition coefficient (Wildman–Crippen LogP) is 2.18. The van der Waals surface area contributed by atoms with E-state index in [1.807, 2.05) is 7.05 Å². The first-order valence-corrected chi connectivity index (χ1v) is 6.37. The Hall–Kier alpha value is -0.900. The lowest BCUT2D eigenvalue weighted by atomic mass is 9.85. The molecule has 4 heteroatoms. The van der Waals surface area contributed by atoms with Crippen molar-refractivity contribution in [2.24, 2.45) is 18.7 Å². The quantitative estimate of drug-likeness (QED) is 0.849. The average Bonchev–Trinajstić information content (AvgIpc) is 2.74. The van der Waals surface area contributed by atoms with Gasteiger partial charge in [-0.2, -0.15) is 0 Å². The smallest absolute Gasteiger partial charge is 0.0751 e. The van der Waals surface area contributed by atoms with Crippen molar-refractivity contribution in [1.29, 1.82) is 0 Å². The van der Waals surface area contributed by atoms with Gasteiger partial charge in [-0.3, -0.25) is 4.68 Å². The summed E-state index contributed by atoms with van der Waals surface area (Å²) in [4.78, 5) is 0. The third-order valence-electron chi connectivity index (χ3n) is 3.74. The van der Waals surface area contributed by atoms with Crippen LogP contribution in [0.2, 0.25) is 0 Å². The van der Waals surface area contributed by atoms with Crippen LogP contribution in [-0.4, -0.2) is 15.0 Å². The molecule has 0 aliphatic heterocycles. The highest BCUT2D eigenvalue weighted by Gasteiger charge is 2.16. The van der Waals surface area contributed by atoms with E-state index in [4.69, 9.17) is 5.73 Å². The van der Waals surface area contributed by atoms with Gasteiger partial charge in [0.1, 0.15) is 0 Å². The molecule has 1 saturated carbocycles. The number of hydrogen-bond acceptors (Lipinski definition) is 3. The summed E-state index contributed by atoms with van der Waals surface area (Å²) in [6.45, 7) is 0. The summed E-state index contributed by atoms with van der Waals surface area (Å²) in [6, 6.07) is 0.0990. The molecule has 2 rings (SSSR count). The Morgan fingerprint density at radius 3 is 2.81 bits per heavy atom. The SMILES string of the molecule is Cn1nncc1C(N)CCC1CCCCC1. The van der Waals surface area contributed by atoms with Crippen molar-refractivity contribution >= 4 is 0 Å². The number of aryl methyl sites for hydroxylation is 1. The maximum Gasteiger partial charge on any atom is 0.0751 e. The second-order valence-electron chi connectivity index (χ2n) is 4.97. The van der Waals surface area contributed by atoms with Crippen molar-refractivity contribution in [2.45, 2.75) is 51.0 Å². The van der Waals surface area contributed by atoms with Crippen molar-refractivity contribution in [3.05, 3.63) is 11.9 Å². The molecule has 1 heterocycles. The third-order valence-corrected chi connectivity index (χ3v) is 3.74. The molecule has 1 atom stereocenters. The molecule has 1 unspecified atom stereocenters. The van der Waals surface area contributed by atoms with E-state index in [2.05, 4.69) is 10.3 Å². The molecule has 16 heavy (non-hydrogen) atoms. The highest BCUT2D eigenvalue weighted by Crippen LogP contribution is 2.29. The maximum absolute atomic E-state index is 6.16. The molecule has 0 aromatic carbocycles. The van der Waals surface area contributed by atoms with Gasteiger partial charge in [-0.25, -0.2) is 0 Å². The molecule has 1 aliphatic carbocycles. The van der Waals surface area contributed by atoms with Gasteiger partial charge in [0.2, 0.25) is 0 Å². The summed E-state index contributed by atoms with van der Waals surface area (Å²) in [5.74, 6) is 0.904. The minimum Gasteiger partial charge on any atom is -0.323 e. The Balaban J connectivity index is 1.79. The summed E-state index contributed by atoms with van der Waals surface area (Å²) in [5, 5.41) is 7.79. The molecular formula is C12H22N4. The summed E-state index contributed by atoms with van der Waals surface area (Å²) in [7, 11) is 1.91. The van der Waals surface area contributed by atoms with E-state index in [1.54, 1.807) is 10.9 Å². The highest BCUT2D eigenvalue weighted by atomic mass is 15.4. The number of nitrogens with two attached hydrogens (primary N) is 1. The molecule has 0 bridgehead atoms. The largest absolute Gasteiger partial charge is 0.323 e. The molecule has 0 amide bonds. The third kappa shape index (κ3) is 2.82. The van der Waals surface area contributed by atoms with Gasteiger partial charge in [-0.05, 0) is 18.8 Å². The Labute approximate surface area is 97.2 Å². The predicted molar refractivity (Wildman–Crippen MR) is 63.7 cm³/mol. The zero-order chi connectivity index (χ0) is 11.4. The zero-order valence-electron chi connectivity index (χ0n) is 10.1. The molecule has 2 N–H and O–H groups in total. The van der Waals surface area contributed by atoms with Crippen LogP contribution in [0.4, 0.5) is 0 Å². The fraction of sp³-hybridized carbons (Fsp3) is 0.833. The van der Waals surface area contributed by atoms with Gasteiger partial charge in [0, 0.05) is 13.1 Å². The minimum atomic E-state index is 0.0990. The summed E-state index contributed by atoms with van der Waals surface area (Å²) in [6.07, 6.45) is 11.1. The Kier molecular flexibility index (Phi) is 3.93. The normalized spacial score (nSPS) is 19.9. The molecule has 90 valence electrons. The van der Waals surface area contributed by atoms with Gasteiger partial charge in [0.15, 0.2) is 0 Å². The number of aromatic nitrogens is 3. The molecule has 1 fully saturated rings. The lowest BCUT2D eigenvalue weighted by molar-refractivity contribution is 0.322.